The molecular weight excluding hydrogens is 571 g/mol. The van der Waals surface area contributed by atoms with E-state index in [0.717, 1.165) is 6.26 Å². The van der Waals surface area contributed by atoms with E-state index in [0.29, 0.717) is 32.4 Å². The van der Waals surface area contributed by atoms with E-state index in [1.807, 2.05) is 12.1 Å². The molecule has 0 saturated carbocycles. The van der Waals surface area contributed by atoms with Gasteiger partial charge in [-0.3, -0.25) is 4.79 Å². The minimum Gasteiger partial charge on any atom is -0.348 e. The predicted molar refractivity (Wildman–Crippen MR) is 147 cm³/mol. The van der Waals surface area contributed by atoms with Gasteiger partial charge in [-0.05, 0) is 24.6 Å². The van der Waals surface area contributed by atoms with Crippen molar-refractivity contribution in [2.45, 2.75) is 18.2 Å². The lowest BCUT2D eigenvalue weighted by Crippen LogP contribution is -2.36. The van der Waals surface area contributed by atoms with Crippen molar-refractivity contribution in [2.24, 2.45) is 0 Å². The zero-order chi connectivity index (χ0) is 27.2. The molecule has 0 radical (unpaired) electrons. The van der Waals surface area contributed by atoms with Crippen molar-refractivity contribution in [3.05, 3.63) is 76.0 Å². The highest BCUT2D eigenvalue weighted by atomic mass is 35.5. The molecule has 13 heteroatoms. The molecule has 4 aromatic rings. The zero-order valence-corrected chi connectivity index (χ0v) is 23.2. The molecule has 5 rings (SSSR count). The highest BCUT2D eigenvalue weighted by Gasteiger charge is 2.32. The van der Waals surface area contributed by atoms with Gasteiger partial charge in [0, 0.05) is 45.2 Å². The molecule has 0 aliphatic carbocycles. The molecule has 1 N–H and O–H groups in total. The van der Waals surface area contributed by atoms with Crippen LogP contribution in [0.25, 0.3) is 28.0 Å². The number of carbonyl (C=O) groups is 1. The summed E-state index contributed by atoms with van der Waals surface area (Å²) in [6, 6.07) is 13.5. The highest BCUT2D eigenvalue weighted by Crippen LogP contribution is 2.37. The van der Waals surface area contributed by atoms with Crippen molar-refractivity contribution in [1.82, 2.24) is 19.9 Å². The third-order valence-electron chi connectivity index (χ3n) is 6.19. The van der Waals surface area contributed by atoms with Gasteiger partial charge in [-0.1, -0.05) is 53.5 Å². The number of fused-ring (bicyclic) bond motifs is 1. The van der Waals surface area contributed by atoms with Gasteiger partial charge >= 0.3 is 0 Å². The summed E-state index contributed by atoms with van der Waals surface area (Å²) >= 11 is 12.6. The number of carbonyl (C=O) groups excluding carboxylic acids is 1. The van der Waals surface area contributed by atoms with Gasteiger partial charge in [-0.25, -0.2) is 26.3 Å². The number of hydrogen-bond acceptors (Lipinski definition) is 7. The number of rotatable bonds is 6. The molecule has 0 spiro atoms. The smallest absolute Gasteiger partial charge is 0.257 e. The third-order valence-corrected chi connectivity index (χ3v) is 9.34. The number of sulfone groups is 2. The van der Waals surface area contributed by atoms with Crippen LogP contribution in [0.5, 0.6) is 0 Å². The maximum atomic E-state index is 13.5. The Hall–Kier alpha value is -2.99. The first kappa shape index (κ1) is 26.6. The molecular formula is C25H22Cl2N4O5S2. The van der Waals surface area contributed by atoms with Crippen molar-refractivity contribution in [3.63, 3.8) is 0 Å². The topological polar surface area (TPSA) is 128 Å². The van der Waals surface area contributed by atoms with E-state index in [1.54, 1.807) is 42.6 Å². The Kier molecular flexibility index (Phi) is 6.97. The predicted octanol–water partition coefficient (Wildman–Crippen LogP) is 3.83. The summed E-state index contributed by atoms with van der Waals surface area (Å²) in [7, 11) is -6.85. The summed E-state index contributed by atoms with van der Waals surface area (Å²) in [5.74, 6) is -1.35. The van der Waals surface area contributed by atoms with Gasteiger partial charge in [0.05, 0.1) is 28.6 Å². The quantitative estimate of drug-likeness (QED) is 0.360. The van der Waals surface area contributed by atoms with Gasteiger partial charge in [-0.2, -0.15) is 5.10 Å². The molecule has 0 bridgehead atoms. The lowest BCUT2D eigenvalue weighted by molar-refractivity contribution is 0.0942. The summed E-state index contributed by atoms with van der Waals surface area (Å²) in [6.45, 7) is 0. The average molecular weight is 594 g/mol. The van der Waals surface area contributed by atoms with Crippen molar-refractivity contribution >= 4 is 54.4 Å². The molecule has 38 heavy (non-hydrogen) atoms. The zero-order valence-electron chi connectivity index (χ0n) is 20.1. The van der Waals surface area contributed by atoms with Gasteiger partial charge in [0.15, 0.2) is 25.3 Å². The van der Waals surface area contributed by atoms with E-state index in [4.69, 9.17) is 23.2 Å². The second-order valence-electron chi connectivity index (χ2n) is 9.21. The van der Waals surface area contributed by atoms with Gasteiger partial charge in [-0.15, -0.1) is 0 Å². The Bertz CT molecular complexity index is 1790. The van der Waals surface area contributed by atoms with Gasteiger partial charge in [0.1, 0.15) is 5.56 Å². The Labute approximate surface area is 229 Å². The first-order valence-electron chi connectivity index (χ1n) is 11.5. The molecule has 2 aromatic carbocycles. The molecule has 2 aromatic heterocycles. The van der Waals surface area contributed by atoms with Crippen LogP contribution >= 0.6 is 23.2 Å². The van der Waals surface area contributed by atoms with Crippen LogP contribution in [0.2, 0.25) is 10.0 Å². The van der Waals surface area contributed by atoms with Crippen LogP contribution in [0.15, 0.2) is 54.7 Å². The molecule has 1 saturated heterocycles. The monoisotopic (exact) mass is 592 g/mol. The van der Waals surface area contributed by atoms with Crippen LogP contribution in [0.1, 0.15) is 22.5 Å². The Morgan fingerprint density at radius 3 is 2.45 bits per heavy atom. The number of aromatic nitrogens is 3. The van der Waals surface area contributed by atoms with Gasteiger partial charge < -0.3 is 5.32 Å². The Morgan fingerprint density at radius 2 is 1.82 bits per heavy atom. The van der Waals surface area contributed by atoms with Gasteiger partial charge in [0.2, 0.25) is 0 Å². The molecule has 1 atom stereocenters. The van der Waals surface area contributed by atoms with Crippen LogP contribution in [0.4, 0.5) is 0 Å². The normalized spacial score (nSPS) is 17.1. The first-order chi connectivity index (χ1) is 17.9. The fourth-order valence-corrected chi connectivity index (χ4v) is 7.28. The van der Waals surface area contributed by atoms with Crippen LogP contribution in [-0.4, -0.2) is 61.1 Å². The van der Waals surface area contributed by atoms with E-state index < -0.39 is 37.4 Å². The summed E-state index contributed by atoms with van der Waals surface area (Å²) in [4.78, 5) is 18.0. The van der Waals surface area contributed by atoms with Crippen molar-refractivity contribution < 1.29 is 21.6 Å². The molecule has 1 fully saturated rings. The van der Waals surface area contributed by atoms with Crippen molar-refractivity contribution in [1.29, 1.82) is 0 Å². The van der Waals surface area contributed by atoms with Crippen molar-refractivity contribution in [3.8, 4) is 22.4 Å². The number of benzene rings is 2. The van der Waals surface area contributed by atoms with Crippen LogP contribution in [0.3, 0.4) is 0 Å². The van der Waals surface area contributed by atoms with E-state index in [9.17, 15) is 21.6 Å². The second kappa shape index (κ2) is 9.96. The second-order valence-corrected chi connectivity index (χ2v) is 14.4. The minimum absolute atomic E-state index is 0.00452. The van der Waals surface area contributed by atoms with Crippen molar-refractivity contribution in [2.75, 3.05) is 17.8 Å². The van der Waals surface area contributed by atoms with E-state index >= 15 is 0 Å². The number of nitrogens with zero attached hydrogens (tertiary/aromatic N) is 3. The summed E-state index contributed by atoms with van der Waals surface area (Å²) < 4.78 is 49.9. The summed E-state index contributed by atoms with van der Waals surface area (Å²) in [5, 5.41) is 8.27. The van der Waals surface area contributed by atoms with Crippen LogP contribution in [-0.2, 0) is 25.4 Å². The third kappa shape index (κ3) is 5.42. The maximum absolute atomic E-state index is 13.5. The highest BCUT2D eigenvalue weighted by molar-refractivity contribution is 7.91. The number of halogens is 2. The summed E-state index contributed by atoms with van der Waals surface area (Å²) in [5.41, 5.74) is 2.58. The number of hydrogen-bond donors (Lipinski definition) is 1. The van der Waals surface area contributed by atoms with E-state index in [1.165, 1.54) is 4.52 Å². The SMILES string of the molecule is CS(=O)(=O)Cc1nn2c(-c3ccc(Cl)cc3)c(-c3ccccc3Cl)cnc2c1C(=O)N[C@@H]1CCS(=O)(=O)C1. The maximum Gasteiger partial charge on any atom is 0.257 e. The van der Waals surface area contributed by atoms with E-state index in [-0.39, 0.29) is 34.8 Å². The largest absolute Gasteiger partial charge is 0.348 e. The van der Waals surface area contributed by atoms with Gasteiger partial charge in [0.25, 0.3) is 5.91 Å². The molecule has 0 unspecified atom stereocenters. The van der Waals surface area contributed by atoms with E-state index in [2.05, 4.69) is 15.4 Å². The van der Waals surface area contributed by atoms with Crippen LogP contribution in [0, 0.1) is 0 Å². The number of nitrogens with one attached hydrogen (secondary N) is 1. The Morgan fingerprint density at radius 1 is 1.11 bits per heavy atom. The number of amides is 1. The molecule has 9 nitrogen and oxygen atoms in total. The minimum atomic E-state index is -3.60. The van der Waals surface area contributed by atoms with Crippen LogP contribution < -0.4 is 5.32 Å². The molecule has 198 valence electrons. The molecule has 1 aliphatic rings. The molecule has 1 aliphatic heterocycles. The fraction of sp³-hybridized carbons (Fsp3) is 0.240. The fourth-order valence-electron chi connectivity index (χ4n) is 4.54. The lowest BCUT2D eigenvalue weighted by Gasteiger charge is -2.14. The molecule has 3 heterocycles. The summed E-state index contributed by atoms with van der Waals surface area (Å²) in [6.07, 6.45) is 2.88. The Balaban J connectivity index is 1.76. The standard InChI is InChI=1S/C25H22Cl2N4O5S2/c1-37(33,34)14-21-22(25(32)29-17-10-11-38(35,36)13-17)24-28-12-19(18-4-2-3-5-20(18)27)23(31(24)30-21)15-6-8-16(26)9-7-15/h2-9,12,17H,10-11,13-14H2,1H3,(H,29,32)/t17-/m1/s1. The lowest BCUT2D eigenvalue weighted by atomic mass is 10.0. The molecule has 1 amide bonds. The first-order valence-corrected chi connectivity index (χ1v) is 16.2. The average Bonchev–Trinajstić information content (AvgIpc) is 3.36.